The van der Waals surface area contributed by atoms with Crippen LogP contribution in [0, 0.1) is 0 Å². The summed E-state index contributed by atoms with van der Waals surface area (Å²) >= 11 is 0. The minimum atomic E-state index is 0.0373. The lowest BCUT2D eigenvalue weighted by atomic mass is 10.1. The van der Waals surface area contributed by atoms with Gasteiger partial charge in [-0.05, 0) is 11.1 Å². The minimum absolute atomic E-state index is 0.0373. The summed E-state index contributed by atoms with van der Waals surface area (Å²) in [6.45, 7) is 0.581. The highest BCUT2D eigenvalue weighted by atomic mass is 16.5. The molecule has 0 amide bonds. The summed E-state index contributed by atoms with van der Waals surface area (Å²) in [6, 6.07) is 7.96. The van der Waals surface area contributed by atoms with E-state index in [9.17, 15) is 0 Å². The highest BCUT2D eigenvalue weighted by Gasteiger charge is 2.06. The second-order valence-corrected chi connectivity index (χ2v) is 3.96. The molecule has 0 saturated heterocycles. The van der Waals surface area contributed by atoms with Gasteiger partial charge in [-0.2, -0.15) is 9.97 Å². The molecule has 2 aromatic rings. The van der Waals surface area contributed by atoms with Gasteiger partial charge in [-0.25, -0.2) is 0 Å². The number of ether oxygens (including phenoxy) is 2. The first-order chi connectivity index (χ1) is 9.75. The van der Waals surface area contributed by atoms with Gasteiger partial charge in [0.15, 0.2) is 0 Å². The lowest BCUT2D eigenvalue weighted by Gasteiger charge is -2.07. The van der Waals surface area contributed by atoms with E-state index in [1.807, 2.05) is 24.3 Å². The molecule has 106 valence electrons. The summed E-state index contributed by atoms with van der Waals surface area (Å²) in [5.41, 5.74) is 1.91. The Bertz CT molecular complexity index is 538. The van der Waals surface area contributed by atoms with Crippen LogP contribution in [0.2, 0.25) is 0 Å². The van der Waals surface area contributed by atoms with Crippen LogP contribution in [-0.4, -0.2) is 34.3 Å². The monoisotopic (exact) mass is 276 g/mol. The molecule has 0 aliphatic carbocycles. The standard InChI is InChI=1S/C13H16N4O3/c1-19-12-15-11(16-13(17-12)20-2)14-7-9-3-5-10(8-18)6-4-9/h3-6,18H,7-8H2,1-2H3,(H,14,15,16,17). The fourth-order valence-corrected chi connectivity index (χ4v) is 1.54. The van der Waals surface area contributed by atoms with Gasteiger partial charge in [0.25, 0.3) is 0 Å². The fourth-order valence-electron chi connectivity index (χ4n) is 1.54. The molecule has 0 radical (unpaired) electrons. The van der Waals surface area contributed by atoms with E-state index in [4.69, 9.17) is 14.6 Å². The Labute approximate surface area is 116 Å². The Hall–Kier alpha value is -2.41. The Kier molecular flexibility index (Phi) is 4.67. The molecule has 0 spiro atoms. The van der Waals surface area contributed by atoms with Crippen LogP contribution in [0.3, 0.4) is 0 Å². The molecule has 1 aromatic carbocycles. The summed E-state index contributed by atoms with van der Waals surface area (Å²) in [7, 11) is 2.96. The van der Waals surface area contributed by atoms with E-state index in [1.54, 1.807) is 0 Å². The third kappa shape index (κ3) is 3.55. The number of rotatable bonds is 6. The van der Waals surface area contributed by atoms with Crippen LogP contribution < -0.4 is 14.8 Å². The summed E-state index contributed by atoms with van der Waals surface area (Å²) in [6.07, 6.45) is 0. The van der Waals surface area contributed by atoms with Crippen molar-refractivity contribution in [1.29, 1.82) is 0 Å². The molecule has 2 rings (SSSR count). The van der Waals surface area contributed by atoms with E-state index in [-0.39, 0.29) is 18.6 Å². The fraction of sp³-hybridized carbons (Fsp3) is 0.308. The molecule has 0 bridgehead atoms. The smallest absolute Gasteiger partial charge is 0.324 e. The zero-order chi connectivity index (χ0) is 14.4. The largest absolute Gasteiger partial charge is 0.467 e. The van der Waals surface area contributed by atoms with Gasteiger partial charge in [0, 0.05) is 6.54 Å². The van der Waals surface area contributed by atoms with Gasteiger partial charge in [-0.3, -0.25) is 0 Å². The maximum absolute atomic E-state index is 8.98. The second-order valence-electron chi connectivity index (χ2n) is 3.96. The number of aliphatic hydroxyl groups is 1. The Morgan fingerprint density at radius 3 is 2.00 bits per heavy atom. The van der Waals surface area contributed by atoms with Crippen molar-refractivity contribution in [2.45, 2.75) is 13.2 Å². The van der Waals surface area contributed by atoms with Crippen LogP contribution in [0.4, 0.5) is 5.95 Å². The van der Waals surface area contributed by atoms with Gasteiger partial charge in [-0.1, -0.05) is 24.3 Å². The normalized spacial score (nSPS) is 10.2. The zero-order valence-electron chi connectivity index (χ0n) is 11.3. The van der Waals surface area contributed by atoms with E-state index in [0.29, 0.717) is 12.5 Å². The molecule has 0 atom stereocenters. The Morgan fingerprint density at radius 2 is 1.50 bits per heavy atom. The van der Waals surface area contributed by atoms with Crippen molar-refractivity contribution in [3.8, 4) is 12.0 Å². The van der Waals surface area contributed by atoms with Gasteiger partial charge in [0.1, 0.15) is 0 Å². The molecular formula is C13H16N4O3. The summed E-state index contributed by atoms with van der Waals surface area (Å²) in [5.74, 6) is 0.375. The van der Waals surface area contributed by atoms with Crippen LogP contribution in [-0.2, 0) is 13.2 Å². The highest BCUT2D eigenvalue weighted by Crippen LogP contribution is 2.13. The number of aliphatic hydroxyl groups excluding tert-OH is 1. The third-order valence-electron chi connectivity index (χ3n) is 2.62. The minimum Gasteiger partial charge on any atom is -0.467 e. The summed E-state index contributed by atoms with van der Waals surface area (Å²) in [5, 5.41) is 12.0. The van der Waals surface area contributed by atoms with Crippen molar-refractivity contribution in [1.82, 2.24) is 15.0 Å². The maximum atomic E-state index is 8.98. The summed E-state index contributed by atoms with van der Waals surface area (Å²) in [4.78, 5) is 12.1. The molecule has 7 heteroatoms. The molecular weight excluding hydrogens is 260 g/mol. The van der Waals surface area contributed by atoms with Crippen LogP contribution in [0.15, 0.2) is 24.3 Å². The first kappa shape index (κ1) is 14.0. The maximum Gasteiger partial charge on any atom is 0.324 e. The molecule has 7 nitrogen and oxygen atoms in total. The van der Waals surface area contributed by atoms with Crippen LogP contribution in [0.1, 0.15) is 11.1 Å². The molecule has 0 unspecified atom stereocenters. The van der Waals surface area contributed by atoms with E-state index in [1.165, 1.54) is 14.2 Å². The van der Waals surface area contributed by atoms with Crippen molar-refractivity contribution in [3.63, 3.8) is 0 Å². The van der Waals surface area contributed by atoms with Crippen molar-refractivity contribution in [3.05, 3.63) is 35.4 Å². The Morgan fingerprint density at radius 1 is 0.950 bits per heavy atom. The van der Waals surface area contributed by atoms with Gasteiger partial charge in [0.05, 0.1) is 20.8 Å². The topological polar surface area (TPSA) is 89.4 Å². The molecule has 20 heavy (non-hydrogen) atoms. The number of methoxy groups -OCH3 is 2. The first-order valence-corrected chi connectivity index (χ1v) is 6.01. The first-order valence-electron chi connectivity index (χ1n) is 6.01. The lowest BCUT2D eigenvalue weighted by Crippen LogP contribution is -2.07. The summed E-state index contributed by atoms with van der Waals surface area (Å²) < 4.78 is 9.94. The molecule has 0 aliphatic heterocycles. The zero-order valence-corrected chi connectivity index (χ0v) is 11.3. The number of hydrogen-bond donors (Lipinski definition) is 2. The molecule has 0 saturated carbocycles. The lowest BCUT2D eigenvalue weighted by molar-refractivity contribution is 0.282. The number of benzene rings is 1. The number of aromatic nitrogens is 3. The second kappa shape index (κ2) is 6.67. The molecule has 1 aromatic heterocycles. The van der Waals surface area contributed by atoms with Gasteiger partial charge >= 0.3 is 12.0 Å². The van der Waals surface area contributed by atoms with Crippen LogP contribution in [0.5, 0.6) is 12.0 Å². The third-order valence-corrected chi connectivity index (χ3v) is 2.62. The van der Waals surface area contributed by atoms with Crippen LogP contribution in [0.25, 0.3) is 0 Å². The van der Waals surface area contributed by atoms with E-state index in [0.717, 1.165) is 11.1 Å². The molecule has 2 N–H and O–H groups in total. The number of anilines is 1. The van der Waals surface area contributed by atoms with Gasteiger partial charge in [0.2, 0.25) is 5.95 Å². The van der Waals surface area contributed by atoms with Crippen LogP contribution >= 0.6 is 0 Å². The van der Waals surface area contributed by atoms with Gasteiger partial charge < -0.3 is 19.9 Å². The SMILES string of the molecule is COc1nc(NCc2ccc(CO)cc2)nc(OC)n1. The number of hydrogen-bond acceptors (Lipinski definition) is 7. The average Bonchev–Trinajstić information content (AvgIpc) is 2.53. The van der Waals surface area contributed by atoms with E-state index >= 15 is 0 Å². The van der Waals surface area contributed by atoms with Crippen molar-refractivity contribution in [2.75, 3.05) is 19.5 Å². The average molecular weight is 276 g/mol. The van der Waals surface area contributed by atoms with Crippen molar-refractivity contribution >= 4 is 5.95 Å². The predicted molar refractivity (Wildman–Crippen MR) is 72.6 cm³/mol. The van der Waals surface area contributed by atoms with E-state index in [2.05, 4.69) is 20.3 Å². The quantitative estimate of drug-likeness (QED) is 0.813. The van der Waals surface area contributed by atoms with E-state index < -0.39 is 0 Å². The highest BCUT2D eigenvalue weighted by molar-refractivity contribution is 5.31. The van der Waals surface area contributed by atoms with Crippen molar-refractivity contribution < 1.29 is 14.6 Å². The van der Waals surface area contributed by atoms with Gasteiger partial charge in [-0.15, -0.1) is 4.98 Å². The molecule has 1 heterocycles. The number of nitrogens with one attached hydrogen (secondary N) is 1. The predicted octanol–water partition coefficient (Wildman–Crippen LogP) is 0.993. The molecule has 0 fully saturated rings. The Balaban J connectivity index is 2.05. The van der Waals surface area contributed by atoms with Crippen molar-refractivity contribution in [2.24, 2.45) is 0 Å². The molecule has 0 aliphatic rings. The number of nitrogens with zero attached hydrogens (tertiary/aromatic N) is 3.